The summed E-state index contributed by atoms with van der Waals surface area (Å²) in [5, 5.41) is 4.08. The molecule has 0 saturated heterocycles. The van der Waals surface area contributed by atoms with E-state index < -0.39 is 5.54 Å². The maximum Gasteiger partial charge on any atom is 0.246 e. The third-order valence-corrected chi connectivity index (χ3v) is 4.15. The highest BCUT2D eigenvalue weighted by Gasteiger charge is 2.51. The summed E-state index contributed by atoms with van der Waals surface area (Å²) >= 11 is 0. The first-order valence-corrected chi connectivity index (χ1v) is 6.04. The molecule has 0 amide bonds. The first-order chi connectivity index (χ1) is 7.41. The van der Waals surface area contributed by atoms with E-state index in [4.69, 9.17) is 10.3 Å². The highest BCUT2D eigenvalue weighted by Crippen LogP contribution is 2.57. The van der Waals surface area contributed by atoms with E-state index in [2.05, 4.69) is 24.0 Å². The second-order valence-corrected chi connectivity index (χ2v) is 6.26. The van der Waals surface area contributed by atoms with Crippen molar-refractivity contribution < 1.29 is 4.52 Å². The van der Waals surface area contributed by atoms with Gasteiger partial charge in [-0.2, -0.15) is 4.98 Å². The number of nitrogens with zero attached hydrogens (tertiary/aromatic N) is 2. The van der Waals surface area contributed by atoms with Crippen LogP contribution in [0.3, 0.4) is 0 Å². The van der Waals surface area contributed by atoms with E-state index in [1.54, 1.807) is 0 Å². The average molecular weight is 221 g/mol. The summed E-state index contributed by atoms with van der Waals surface area (Å²) in [5.74, 6) is 2.44. The highest BCUT2D eigenvalue weighted by atomic mass is 16.5. The summed E-state index contributed by atoms with van der Waals surface area (Å²) < 4.78 is 5.34. The van der Waals surface area contributed by atoms with Crippen molar-refractivity contribution in [2.45, 2.75) is 51.5 Å². The van der Waals surface area contributed by atoms with E-state index in [0.29, 0.717) is 23.1 Å². The lowest BCUT2D eigenvalue weighted by molar-refractivity contribution is 0.272. The highest BCUT2D eigenvalue weighted by molar-refractivity contribution is 5.16. The van der Waals surface area contributed by atoms with E-state index >= 15 is 0 Å². The fraction of sp³-hybridized carbons (Fsp3) is 0.833. The van der Waals surface area contributed by atoms with Crippen molar-refractivity contribution >= 4 is 0 Å². The van der Waals surface area contributed by atoms with Crippen LogP contribution in [0.15, 0.2) is 4.52 Å². The van der Waals surface area contributed by atoms with Gasteiger partial charge in [0, 0.05) is 5.92 Å². The Morgan fingerprint density at radius 1 is 1.44 bits per heavy atom. The molecule has 0 aliphatic heterocycles. The van der Waals surface area contributed by atoms with Gasteiger partial charge in [0.2, 0.25) is 5.89 Å². The second kappa shape index (κ2) is 2.86. The fourth-order valence-electron chi connectivity index (χ4n) is 2.36. The first-order valence-electron chi connectivity index (χ1n) is 6.04. The van der Waals surface area contributed by atoms with Crippen molar-refractivity contribution in [2.75, 3.05) is 0 Å². The van der Waals surface area contributed by atoms with Gasteiger partial charge in [0.05, 0.1) is 5.54 Å². The predicted octanol–water partition coefficient (Wildman–Crippen LogP) is 2.17. The monoisotopic (exact) mass is 221 g/mol. The molecule has 0 radical (unpaired) electrons. The van der Waals surface area contributed by atoms with Gasteiger partial charge in [0.1, 0.15) is 0 Å². The minimum Gasteiger partial charge on any atom is -0.337 e. The molecule has 2 fully saturated rings. The molecule has 2 atom stereocenters. The summed E-state index contributed by atoms with van der Waals surface area (Å²) in [7, 11) is 0. The number of nitrogens with two attached hydrogens (primary N) is 1. The standard InChI is InChI=1S/C12H19N3O/c1-11(2)6-8(11)9-14-10(16-15-9)12(3,13)7-4-5-7/h7-8H,4-6,13H2,1-3H3. The van der Waals surface area contributed by atoms with Crippen LogP contribution in [0.5, 0.6) is 0 Å². The number of rotatable bonds is 3. The van der Waals surface area contributed by atoms with Crippen molar-refractivity contribution in [3.63, 3.8) is 0 Å². The Labute approximate surface area is 95.6 Å². The molecule has 2 saturated carbocycles. The third-order valence-electron chi connectivity index (χ3n) is 4.15. The predicted molar refractivity (Wildman–Crippen MR) is 59.7 cm³/mol. The molecule has 16 heavy (non-hydrogen) atoms. The van der Waals surface area contributed by atoms with Crippen molar-refractivity contribution in [2.24, 2.45) is 17.1 Å². The SMILES string of the molecule is CC1(C)CC1c1noc(C(C)(N)C2CC2)n1. The van der Waals surface area contributed by atoms with E-state index in [1.165, 1.54) is 12.8 Å². The summed E-state index contributed by atoms with van der Waals surface area (Å²) in [5.41, 5.74) is 6.16. The number of hydrogen-bond donors (Lipinski definition) is 1. The van der Waals surface area contributed by atoms with Gasteiger partial charge in [-0.15, -0.1) is 0 Å². The van der Waals surface area contributed by atoms with Crippen molar-refractivity contribution in [1.82, 2.24) is 10.1 Å². The molecule has 2 aliphatic rings. The summed E-state index contributed by atoms with van der Waals surface area (Å²) in [4.78, 5) is 4.50. The Bertz CT molecular complexity index is 418. The smallest absolute Gasteiger partial charge is 0.246 e. The van der Waals surface area contributed by atoms with Gasteiger partial charge in [0.15, 0.2) is 5.82 Å². The van der Waals surface area contributed by atoms with E-state index in [9.17, 15) is 0 Å². The molecule has 2 aliphatic carbocycles. The normalized spacial score (nSPS) is 31.1. The summed E-state index contributed by atoms with van der Waals surface area (Å²) in [6.07, 6.45) is 3.51. The Kier molecular flexibility index (Phi) is 1.83. The van der Waals surface area contributed by atoms with Crippen LogP contribution in [-0.2, 0) is 5.54 Å². The molecule has 88 valence electrons. The lowest BCUT2D eigenvalue weighted by Crippen LogP contribution is -2.35. The van der Waals surface area contributed by atoms with Gasteiger partial charge < -0.3 is 10.3 Å². The van der Waals surface area contributed by atoms with Gasteiger partial charge in [-0.3, -0.25) is 0 Å². The van der Waals surface area contributed by atoms with Crippen LogP contribution in [0.4, 0.5) is 0 Å². The number of aromatic nitrogens is 2. The molecule has 4 nitrogen and oxygen atoms in total. The van der Waals surface area contributed by atoms with E-state index in [-0.39, 0.29) is 0 Å². The van der Waals surface area contributed by atoms with Gasteiger partial charge >= 0.3 is 0 Å². The average Bonchev–Trinajstić information content (AvgIpc) is 3.07. The zero-order valence-corrected chi connectivity index (χ0v) is 10.2. The Balaban J connectivity index is 1.83. The van der Waals surface area contributed by atoms with Crippen LogP contribution in [0.1, 0.15) is 57.7 Å². The maximum absolute atomic E-state index is 6.25. The fourth-order valence-corrected chi connectivity index (χ4v) is 2.36. The van der Waals surface area contributed by atoms with Gasteiger partial charge in [-0.25, -0.2) is 0 Å². The van der Waals surface area contributed by atoms with Crippen molar-refractivity contribution in [1.29, 1.82) is 0 Å². The zero-order valence-electron chi connectivity index (χ0n) is 10.2. The quantitative estimate of drug-likeness (QED) is 0.849. The molecular weight excluding hydrogens is 202 g/mol. The molecule has 1 heterocycles. The molecule has 3 rings (SSSR count). The Morgan fingerprint density at radius 2 is 2.06 bits per heavy atom. The Hall–Kier alpha value is -0.900. The molecule has 2 N–H and O–H groups in total. The lowest BCUT2D eigenvalue weighted by atomic mass is 9.97. The molecule has 4 heteroatoms. The minimum atomic E-state index is -0.426. The van der Waals surface area contributed by atoms with E-state index in [1.807, 2.05) is 6.92 Å². The molecule has 0 bridgehead atoms. The third kappa shape index (κ3) is 1.47. The molecule has 1 aromatic heterocycles. The van der Waals surface area contributed by atoms with Gasteiger partial charge in [0.25, 0.3) is 0 Å². The Morgan fingerprint density at radius 3 is 2.56 bits per heavy atom. The van der Waals surface area contributed by atoms with Gasteiger partial charge in [-0.05, 0) is 37.5 Å². The molecule has 2 unspecified atom stereocenters. The van der Waals surface area contributed by atoms with Crippen molar-refractivity contribution in [3.8, 4) is 0 Å². The van der Waals surface area contributed by atoms with Crippen LogP contribution in [-0.4, -0.2) is 10.1 Å². The van der Waals surface area contributed by atoms with Crippen LogP contribution in [0.2, 0.25) is 0 Å². The molecule has 0 aromatic carbocycles. The lowest BCUT2D eigenvalue weighted by Gasteiger charge is -2.18. The van der Waals surface area contributed by atoms with E-state index in [0.717, 1.165) is 12.2 Å². The maximum atomic E-state index is 6.25. The van der Waals surface area contributed by atoms with Crippen LogP contribution in [0.25, 0.3) is 0 Å². The second-order valence-electron chi connectivity index (χ2n) is 6.26. The topological polar surface area (TPSA) is 64.9 Å². The van der Waals surface area contributed by atoms with Crippen LogP contribution in [0, 0.1) is 11.3 Å². The largest absolute Gasteiger partial charge is 0.337 e. The number of hydrogen-bond acceptors (Lipinski definition) is 4. The van der Waals surface area contributed by atoms with Gasteiger partial charge in [-0.1, -0.05) is 19.0 Å². The minimum absolute atomic E-state index is 0.339. The van der Waals surface area contributed by atoms with Crippen LogP contribution >= 0.6 is 0 Å². The molecular formula is C12H19N3O. The van der Waals surface area contributed by atoms with Crippen molar-refractivity contribution in [3.05, 3.63) is 11.7 Å². The summed E-state index contributed by atoms with van der Waals surface area (Å²) in [6.45, 7) is 6.46. The molecule has 0 spiro atoms. The first kappa shape index (κ1) is 10.3. The summed E-state index contributed by atoms with van der Waals surface area (Å²) in [6, 6.07) is 0. The zero-order chi connectivity index (χ0) is 11.6. The molecule has 1 aromatic rings. The van der Waals surface area contributed by atoms with Crippen LogP contribution < -0.4 is 5.73 Å².